The van der Waals surface area contributed by atoms with Gasteiger partial charge in [0.25, 0.3) is 0 Å². The van der Waals surface area contributed by atoms with Crippen LogP contribution >= 0.6 is 11.6 Å². The van der Waals surface area contributed by atoms with Crippen molar-refractivity contribution in [3.8, 4) is 0 Å². The quantitative estimate of drug-likeness (QED) is 0.629. The van der Waals surface area contributed by atoms with Crippen LogP contribution in [0.1, 0.15) is 24.6 Å². The Labute approximate surface area is 117 Å². The summed E-state index contributed by atoms with van der Waals surface area (Å²) in [5.41, 5.74) is 0.0763. The fraction of sp³-hybridized carbons (Fsp3) is 0.429. The second kappa shape index (κ2) is 6.68. The average molecular weight is 282 g/mol. The zero-order chi connectivity index (χ0) is 13.7. The van der Waals surface area contributed by atoms with Gasteiger partial charge in [0.1, 0.15) is 6.29 Å². The molecule has 0 spiro atoms. The number of halogens is 1. The molecule has 0 amide bonds. The van der Waals surface area contributed by atoms with Gasteiger partial charge >= 0.3 is 5.43 Å². The van der Waals surface area contributed by atoms with Gasteiger partial charge in [-0.05, 0) is 12.8 Å². The maximum atomic E-state index is 11.1. The highest BCUT2D eigenvalue weighted by Gasteiger charge is 2.28. The van der Waals surface area contributed by atoms with E-state index >= 15 is 0 Å². The van der Waals surface area contributed by atoms with Crippen molar-refractivity contribution in [1.82, 2.24) is 4.90 Å². The van der Waals surface area contributed by atoms with E-state index in [1.165, 1.54) is 0 Å². The van der Waals surface area contributed by atoms with Gasteiger partial charge in [-0.1, -0.05) is 30.3 Å². The SMILES string of the molecule is O=CC1CCN(C(OC(=O)Cl)c2ccccc2)CC1. The highest BCUT2D eigenvalue weighted by molar-refractivity contribution is 6.61. The number of piperidine rings is 1. The molecule has 5 heteroatoms. The van der Waals surface area contributed by atoms with Crippen molar-refractivity contribution in [3.05, 3.63) is 35.9 Å². The van der Waals surface area contributed by atoms with Crippen LogP contribution < -0.4 is 0 Å². The molecule has 0 radical (unpaired) electrons. The predicted octanol–water partition coefficient (Wildman–Crippen LogP) is 2.97. The molecule has 1 aliphatic heterocycles. The smallest absolute Gasteiger partial charge is 0.405 e. The van der Waals surface area contributed by atoms with Gasteiger partial charge in [-0.3, -0.25) is 4.90 Å². The Morgan fingerprint density at radius 3 is 2.47 bits per heavy atom. The third kappa shape index (κ3) is 3.78. The van der Waals surface area contributed by atoms with E-state index in [1.54, 1.807) is 0 Å². The van der Waals surface area contributed by atoms with E-state index in [-0.39, 0.29) is 5.92 Å². The zero-order valence-electron chi connectivity index (χ0n) is 10.5. The second-order valence-electron chi connectivity index (χ2n) is 4.63. The molecule has 1 atom stereocenters. The number of benzene rings is 1. The summed E-state index contributed by atoms with van der Waals surface area (Å²) in [6, 6.07) is 9.49. The van der Waals surface area contributed by atoms with E-state index in [1.807, 2.05) is 35.2 Å². The maximum absolute atomic E-state index is 11.1. The molecule has 1 aliphatic rings. The summed E-state index contributed by atoms with van der Waals surface area (Å²) in [7, 11) is 0. The van der Waals surface area contributed by atoms with E-state index in [0.29, 0.717) is 13.1 Å². The molecule has 2 rings (SSSR count). The number of hydrogen-bond donors (Lipinski definition) is 0. The predicted molar refractivity (Wildman–Crippen MR) is 71.9 cm³/mol. The van der Waals surface area contributed by atoms with Gasteiger partial charge in [-0.15, -0.1) is 0 Å². The number of nitrogens with zero attached hydrogens (tertiary/aromatic N) is 1. The molecule has 0 N–H and O–H groups in total. The second-order valence-corrected chi connectivity index (χ2v) is 4.94. The van der Waals surface area contributed by atoms with Crippen LogP contribution in [0, 0.1) is 5.92 Å². The van der Waals surface area contributed by atoms with Gasteiger partial charge in [0.15, 0.2) is 6.23 Å². The van der Waals surface area contributed by atoms with Crippen molar-refractivity contribution in [2.75, 3.05) is 13.1 Å². The van der Waals surface area contributed by atoms with Crippen LogP contribution in [0.15, 0.2) is 30.3 Å². The molecular weight excluding hydrogens is 266 g/mol. The van der Waals surface area contributed by atoms with Crippen molar-refractivity contribution >= 4 is 23.3 Å². The molecule has 0 saturated carbocycles. The van der Waals surface area contributed by atoms with Crippen molar-refractivity contribution in [3.63, 3.8) is 0 Å². The van der Waals surface area contributed by atoms with E-state index in [0.717, 1.165) is 24.7 Å². The topological polar surface area (TPSA) is 46.6 Å². The normalized spacial score (nSPS) is 18.8. The standard InChI is InChI=1S/C14H16ClNO3/c15-14(18)19-13(12-4-2-1-3-5-12)16-8-6-11(10-17)7-9-16/h1-5,10-11,13H,6-9H2. The minimum absolute atomic E-state index is 0.111. The molecule has 0 aliphatic carbocycles. The number of carbonyl (C=O) groups is 2. The third-order valence-electron chi connectivity index (χ3n) is 3.39. The summed E-state index contributed by atoms with van der Waals surface area (Å²) in [4.78, 5) is 23.8. The average Bonchev–Trinajstić information content (AvgIpc) is 2.46. The molecule has 1 unspecified atom stereocenters. The first-order chi connectivity index (χ1) is 9.20. The molecule has 102 valence electrons. The number of carbonyl (C=O) groups excluding carboxylic acids is 2. The Kier molecular flexibility index (Phi) is 4.93. The largest absolute Gasteiger partial charge is 0.430 e. The molecule has 4 nitrogen and oxygen atoms in total. The van der Waals surface area contributed by atoms with Gasteiger partial charge in [-0.25, -0.2) is 4.79 Å². The Morgan fingerprint density at radius 2 is 1.95 bits per heavy atom. The van der Waals surface area contributed by atoms with Gasteiger partial charge in [-0.2, -0.15) is 0 Å². The Balaban J connectivity index is 2.10. The van der Waals surface area contributed by atoms with Crippen molar-refractivity contribution in [2.24, 2.45) is 5.92 Å². The summed E-state index contributed by atoms with van der Waals surface area (Å²) < 4.78 is 5.21. The van der Waals surface area contributed by atoms with E-state index < -0.39 is 11.7 Å². The number of rotatable bonds is 4. The first-order valence-corrected chi connectivity index (χ1v) is 6.69. The summed E-state index contributed by atoms with van der Waals surface area (Å²) >= 11 is 5.35. The van der Waals surface area contributed by atoms with Gasteiger partial charge < -0.3 is 9.53 Å². The van der Waals surface area contributed by atoms with Crippen molar-refractivity contribution in [1.29, 1.82) is 0 Å². The van der Waals surface area contributed by atoms with Crippen LogP contribution in [0.25, 0.3) is 0 Å². The molecule has 1 heterocycles. The summed E-state index contributed by atoms with van der Waals surface area (Å²) in [6.07, 6.45) is 2.10. The Hall–Kier alpha value is -1.39. The lowest BCUT2D eigenvalue weighted by Crippen LogP contribution is -2.38. The molecule has 1 aromatic rings. The minimum Gasteiger partial charge on any atom is -0.430 e. The van der Waals surface area contributed by atoms with Crippen LogP contribution in [-0.2, 0) is 9.53 Å². The molecular formula is C14H16ClNO3. The number of ether oxygens (including phenoxy) is 1. The van der Waals surface area contributed by atoms with Crippen LogP contribution in [0.3, 0.4) is 0 Å². The molecule has 0 bridgehead atoms. The molecule has 1 aromatic carbocycles. The third-order valence-corrected chi connectivity index (χ3v) is 3.48. The lowest BCUT2D eigenvalue weighted by atomic mass is 9.98. The van der Waals surface area contributed by atoms with Gasteiger partial charge in [0, 0.05) is 36.2 Å². The lowest BCUT2D eigenvalue weighted by molar-refractivity contribution is -0.113. The number of likely N-dealkylation sites (tertiary alicyclic amines) is 1. The summed E-state index contributed by atoms with van der Waals surface area (Å²) in [5, 5.41) is 0. The lowest BCUT2D eigenvalue weighted by Gasteiger charge is -2.35. The molecule has 1 saturated heterocycles. The molecule has 0 aromatic heterocycles. The fourth-order valence-corrected chi connectivity index (χ4v) is 2.43. The number of aldehydes is 1. The van der Waals surface area contributed by atoms with Crippen molar-refractivity contribution < 1.29 is 14.3 Å². The Morgan fingerprint density at radius 1 is 1.32 bits per heavy atom. The number of hydrogen-bond acceptors (Lipinski definition) is 4. The van der Waals surface area contributed by atoms with Gasteiger partial charge in [0.2, 0.25) is 0 Å². The van der Waals surface area contributed by atoms with E-state index in [2.05, 4.69) is 0 Å². The zero-order valence-corrected chi connectivity index (χ0v) is 11.3. The van der Waals surface area contributed by atoms with Crippen LogP contribution in [0.5, 0.6) is 0 Å². The first-order valence-electron chi connectivity index (χ1n) is 6.31. The van der Waals surface area contributed by atoms with E-state index in [4.69, 9.17) is 16.3 Å². The van der Waals surface area contributed by atoms with Crippen LogP contribution in [-0.4, -0.2) is 29.7 Å². The molecule has 1 fully saturated rings. The van der Waals surface area contributed by atoms with Gasteiger partial charge in [0.05, 0.1) is 0 Å². The highest BCUT2D eigenvalue weighted by atomic mass is 35.5. The monoisotopic (exact) mass is 281 g/mol. The summed E-state index contributed by atoms with van der Waals surface area (Å²) in [5.74, 6) is 0.111. The first kappa shape index (κ1) is 14.0. The summed E-state index contributed by atoms with van der Waals surface area (Å²) in [6.45, 7) is 1.43. The van der Waals surface area contributed by atoms with Crippen LogP contribution in [0.4, 0.5) is 4.79 Å². The highest BCUT2D eigenvalue weighted by Crippen LogP contribution is 2.27. The van der Waals surface area contributed by atoms with Crippen LogP contribution in [0.2, 0.25) is 0 Å². The maximum Gasteiger partial charge on any atom is 0.405 e. The molecule has 19 heavy (non-hydrogen) atoms. The minimum atomic E-state index is -0.814. The fourth-order valence-electron chi connectivity index (χ4n) is 2.35. The van der Waals surface area contributed by atoms with Crippen molar-refractivity contribution in [2.45, 2.75) is 19.1 Å². The Bertz CT molecular complexity index is 430. The van der Waals surface area contributed by atoms with E-state index in [9.17, 15) is 9.59 Å².